The Labute approximate surface area is 227 Å². The number of nitrogens with zero attached hydrogens (tertiary/aromatic N) is 2. The number of aromatic nitrogens is 1. The van der Waals surface area contributed by atoms with E-state index in [1.807, 2.05) is 76.2 Å². The zero-order valence-corrected chi connectivity index (χ0v) is 23.7. The molecule has 6 heteroatoms. The smallest absolute Gasteiger partial charge is 0.301 e. The average molecular weight is 525 g/mol. The lowest BCUT2D eigenvalue weighted by molar-refractivity contribution is -0.132. The van der Waals surface area contributed by atoms with Gasteiger partial charge in [-0.1, -0.05) is 74.1 Å². The predicted molar refractivity (Wildman–Crippen MR) is 155 cm³/mol. The Balaban J connectivity index is 1.76. The summed E-state index contributed by atoms with van der Waals surface area (Å²) in [5.74, 6) is -1.55. The molecule has 1 aromatic heterocycles. The van der Waals surface area contributed by atoms with Gasteiger partial charge in [0.1, 0.15) is 5.76 Å². The minimum absolute atomic E-state index is 0.0846. The van der Waals surface area contributed by atoms with Crippen molar-refractivity contribution in [1.82, 2.24) is 4.98 Å². The second-order valence-corrected chi connectivity index (χ2v) is 12.3. The van der Waals surface area contributed by atoms with Crippen molar-refractivity contribution in [2.45, 2.75) is 59.9 Å². The maximum Gasteiger partial charge on any atom is 0.301 e. The minimum atomic E-state index is -0.796. The molecule has 5 rings (SSSR count). The molecule has 1 atom stereocenters. The van der Waals surface area contributed by atoms with Crippen LogP contribution in [0.1, 0.15) is 65.8 Å². The molecule has 3 aromatic carbocycles. The van der Waals surface area contributed by atoms with Crippen LogP contribution in [0, 0.1) is 27.7 Å². The number of Topliss-reactive ketones (excluding diaryl/α,β-unsaturated/α-hetero) is 1. The van der Waals surface area contributed by atoms with Gasteiger partial charge in [0.05, 0.1) is 21.8 Å². The van der Waals surface area contributed by atoms with E-state index in [9.17, 15) is 14.7 Å². The normalized spacial score (nSPS) is 17.6. The van der Waals surface area contributed by atoms with Gasteiger partial charge in [-0.2, -0.15) is 0 Å². The Kier molecular flexibility index (Phi) is 6.27. The summed E-state index contributed by atoms with van der Waals surface area (Å²) in [4.78, 5) is 33.5. The number of amides is 1. The first-order valence-electron chi connectivity index (χ1n) is 12.7. The van der Waals surface area contributed by atoms with Crippen molar-refractivity contribution in [3.05, 3.63) is 99.1 Å². The van der Waals surface area contributed by atoms with Gasteiger partial charge in [-0.3, -0.25) is 14.5 Å². The molecule has 2 heterocycles. The quantitative estimate of drug-likeness (QED) is 0.172. The number of ketones is 1. The first-order chi connectivity index (χ1) is 17.9. The summed E-state index contributed by atoms with van der Waals surface area (Å²) in [5, 5.41) is 12.2. The van der Waals surface area contributed by atoms with Gasteiger partial charge in [-0.25, -0.2) is 4.98 Å². The van der Waals surface area contributed by atoms with Crippen molar-refractivity contribution >= 4 is 44.1 Å². The highest BCUT2D eigenvalue weighted by Crippen LogP contribution is 2.45. The molecule has 1 N–H and O–H groups in total. The number of hydrogen-bond donors (Lipinski definition) is 1. The molecule has 0 bridgehead atoms. The molecular weight excluding hydrogens is 492 g/mol. The molecule has 1 aliphatic rings. The third-order valence-corrected chi connectivity index (χ3v) is 8.38. The number of hydrogen-bond acceptors (Lipinski definition) is 5. The van der Waals surface area contributed by atoms with E-state index >= 15 is 0 Å². The van der Waals surface area contributed by atoms with Crippen LogP contribution in [-0.4, -0.2) is 21.8 Å². The van der Waals surface area contributed by atoms with Crippen LogP contribution in [0.15, 0.2) is 60.2 Å². The van der Waals surface area contributed by atoms with Gasteiger partial charge < -0.3 is 5.11 Å². The van der Waals surface area contributed by atoms with Crippen LogP contribution in [0.4, 0.5) is 5.13 Å². The summed E-state index contributed by atoms with van der Waals surface area (Å²) in [5.41, 5.74) is 7.13. The molecule has 1 aliphatic heterocycles. The molecular formula is C32H32N2O3S. The van der Waals surface area contributed by atoms with Crippen LogP contribution in [0.25, 0.3) is 16.0 Å². The number of anilines is 1. The van der Waals surface area contributed by atoms with Crippen molar-refractivity contribution in [2.75, 3.05) is 4.90 Å². The first kappa shape index (κ1) is 25.9. The standard InChI is InChI=1S/C32H32N2O3S/c1-17-9-8-10-21(13-17)27-26(28(35)23-16-22(32(5,6)7)12-11-18(23)2)29(36)30(37)34(27)31-33-24-14-19(3)20(4)15-25(24)38-31/h8-16,27,35H,1-7H3/b28-26+. The number of aliphatic hydroxyl groups is 1. The summed E-state index contributed by atoms with van der Waals surface area (Å²) in [6.07, 6.45) is 0. The Morgan fingerprint density at radius 2 is 1.63 bits per heavy atom. The molecule has 1 unspecified atom stereocenters. The number of rotatable bonds is 3. The van der Waals surface area contributed by atoms with Crippen LogP contribution in [0.5, 0.6) is 0 Å². The van der Waals surface area contributed by atoms with E-state index in [0.717, 1.165) is 43.6 Å². The van der Waals surface area contributed by atoms with E-state index in [1.54, 1.807) is 0 Å². The predicted octanol–water partition coefficient (Wildman–Crippen LogP) is 7.45. The fourth-order valence-corrected chi connectivity index (χ4v) is 6.02. The topological polar surface area (TPSA) is 70.5 Å². The lowest BCUT2D eigenvalue weighted by Gasteiger charge is -2.24. The van der Waals surface area contributed by atoms with Gasteiger partial charge >= 0.3 is 5.91 Å². The van der Waals surface area contributed by atoms with Gasteiger partial charge in [0.25, 0.3) is 5.78 Å². The first-order valence-corrected chi connectivity index (χ1v) is 13.6. The highest BCUT2D eigenvalue weighted by Gasteiger charge is 2.48. The van der Waals surface area contributed by atoms with E-state index in [-0.39, 0.29) is 16.7 Å². The molecule has 1 fully saturated rings. The van der Waals surface area contributed by atoms with Crippen molar-refractivity contribution in [2.24, 2.45) is 0 Å². The van der Waals surface area contributed by atoms with Crippen LogP contribution >= 0.6 is 11.3 Å². The van der Waals surface area contributed by atoms with Crippen molar-refractivity contribution < 1.29 is 14.7 Å². The zero-order chi connectivity index (χ0) is 27.5. The average Bonchev–Trinajstić information content (AvgIpc) is 3.36. The minimum Gasteiger partial charge on any atom is -0.507 e. The monoisotopic (exact) mass is 524 g/mol. The Bertz CT molecular complexity index is 1620. The molecule has 1 saturated heterocycles. The summed E-state index contributed by atoms with van der Waals surface area (Å²) in [7, 11) is 0. The fraction of sp³-hybridized carbons (Fsp3) is 0.281. The maximum absolute atomic E-state index is 13.7. The van der Waals surface area contributed by atoms with Gasteiger partial charge in [-0.05, 0) is 79.1 Å². The van der Waals surface area contributed by atoms with Crippen molar-refractivity contribution in [3.63, 3.8) is 0 Å². The highest BCUT2D eigenvalue weighted by molar-refractivity contribution is 7.22. The number of aliphatic hydroxyl groups excluding tert-OH is 1. The van der Waals surface area contributed by atoms with Crippen LogP contribution < -0.4 is 4.90 Å². The van der Waals surface area contributed by atoms with Crippen molar-refractivity contribution in [1.29, 1.82) is 0 Å². The van der Waals surface area contributed by atoms with E-state index in [1.165, 1.54) is 16.2 Å². The molecule has 0 saturated carbocycles. The van der Waals surface area contributed by atoms with Gasteiger partial charge in [0, 0.05) is 5.56 Å². The zero-order valence-electron chi connectivity index (χ0n) is 22.8. The van der Waals surface area contributed by atoms with Gasteiger partial charge in [0.2, 0.25) is 0 Å². The second-order valence-electron chi connectivity index (χ2n) is 11.3. The van der Waals surface area contributed by atoms with E-state index < -0.39 is 17.7 Å². The Morgan fingerprint density at radius 1 is 0.921 bits per heavy atom. The van der Waals surface area contributed by atoms with E-state index in [4.69, 9.17) is 4.98 Å². The lowest BCUT2D eigenvalue weighted by atomic mass is 9.84. The van der Waals surface area contributed by atoms with E-state index in [2.05, 4.69) is 26.8 Å². The Hall–Kier alpha value is -3.77. The number of aryl methyl sites for hydroxylation is 4. The third kappa shape index (κ3) is 4.33. The number of thiazole rings is 1. The largest absolute Gasteiger partial charge is 0.507 e. The molecule has 38 heavy (non-hydrogen) atoms. The number of carbonyl (C=O) groups is 2. The molecule has 0 aliphatic carbocycles. The molecule has 1 amide bonds. The van der Waals surface area contributed by atoms with Crippen LogP contribution in [0.3, 0.4) is 0 Å². The molecule has 4 aromatic rings. The third-order valence-electron chi connectivity index (χ3n) is 7.36. The molecule has 0 spiro atoms. The SMILES string of the molecule is Cc1cccc(C2/C(=C(\O)c3cc(C(C)(C)C)ccc3C)C(=O)C(=O)N2c2nc3cc(C)c(C)cc3s2)c1. The highest BCUT2D eigenvalue weighted by atomic mass is 32.1. The summed E-state index contributed by atoms with van der Waals surface area (Å²) >= 11 is 1.38. The second kappa shape index (κ2) is 9.21. The summed E-state index contributed by atoms with van der Waals surface area (Å²) in [6.45, 7) is 14.2. The van der Waals surface area contributed by atoms with Gasteiger partial charge in [-0.15, -0.1) is 0 Å². The summed E-state index contributed by atoms with van der Waals surface area (Å²) < 4.78 is 0.946. The van der Waals surface area contributed by atoms with Gasteiger partial charge in [0.15, 0.2) is 5.13 Å². The fourth-order valence-electron chi connectivity index (χ4n) is 4.94. The number of benzene rings is 3. The Morgan fingerprint density at radius 3 is 2.32 bits per heavy atom. The lowest BCUT2D eigenvalue weighted by Crippen LogP contribution is -2.29. The maximum atomic E-state index is 13.7. The van der Waals surface area contributed by atoms with Crippen molar-refractivity contribution in [3.8, 4) is 0 Å². The van der Waals surface area contributed by atoms with E-state index in [0.29, 0.717) is 10.7 Å². The van der Waals surface area contributed by atoms with Crippen LogP contribution in [0.2, 0.25) is 0 Å². The molecule has 194 valence electrons. The molecule has 5 nitrogen and oxygen atoms in total. The number of carbonyl (C=O) groups excluding carboxylic acids is 2. The molecule has 0 radical (unpaired) electrons. The van der Waals surface area contributed by atoms with Crippen LogP contribution in [-0.2, 0) is 15.0 Å². The summed E-state index contributed by atoms with van der Waals surface area (Å²) in [6, 6.07) is 16.9. The number of fused-ring (bicyclic) bond motifs is 1.